The first kappa shape index (κ1) is 11.7. The van der Waals surface area contributed by atoms with Crippen LogP contribution in [0.5, 0.6) is 0 Å². The van der Waals surface area contributed by atoms with E-state index in [1.54, 1.807) is 6.20 Å². The third-order valence-corrected chi connectivity index (χ3v) is 3.36. The predicted molar refractivity (Wildman–Crippen MR) is 61.6 cm³/mol. The summed E-state index contributed by atoms with van der Waals surface area (Å²) in [6, 6.07) is 0. The van der Waals surface area contributed by atoms with Gasteiger partial charge in [-0.15, -0.1) is 0 Å². The highest BCUT2D eigenvalue weighted by Gasteiger charge is 2.53. The average Bonchev–Trinajstić information content (AvgIpc) is 2.70. The van der Waals surface area contributed by atoms with Gasteiger partial charge in [-0.25, -0.2) is 4.98 Å². The molecule has 88 valence electrons. The van der Waals surface area contributed by atoms with Crippen LogP contribution in [0, 0.1) is 0 Å². The molecule has 1 aromatic heterocycles. The van der Waals surface area contributed by atoms with E-state index < -0.39 is 7.12 Å². The fourth-order valence-corrected chi connectivity index (χ4v) is 1.56. The number of hydrogen-bond acceptors (Lipinski definition) is 4. The van der Waals surface area contributed by atoms with Gasteiger partial charge in [0.25, 0.3) is 0 Å². The van der Waals surface area contributed by atoms with Crippen LogP contribution in [0.3, 0.4) is 0 Å². The van der Waals surface area contributed by atoms with Crippen molar-refractivity contribution in [2.24, 2.45) is 0 Å². The Balaban J connectivity index is 2.20. The molecule has 0 bridgehead atoms. The van der Waals surface area contributed by atoms with Crippen molar-refractivity contribution in [3.8, 4) is 0 Å². The Bertz CT molecular complexity index is 370. The third-order valence-electron chi connectivity index (χ3n) is 3.36. The zero-order chi connectivity index (χ0) is 12.0. The summed E-state index contributed by atoms with van der Waals surface area (Å²) in [5.41, 5.74) is -0.0243. The van der Waals surface area contributed by atoms with E-state index in [1.165, 1.54) is 0 Å². The van der Waals surface area contributed by atoms with Crippen LogP contribution in [0.15, 0.2) is 10.6 Å². The first-order valence-electron chi connectivity index (χ1n) is 5.66. The molecule has 0 radical (unpaired) electrons. The summed E-state index contributed by atoms with van der Waals surface area (Å²) >= 11 is 0. The fraction of sp³-hybridized carbons (Fsp3) is 0.727. The summed E-state index contributed by atoms with van der Waals surface area (Å²) in [5.74, 6) is 0.713. The lowest BCUT2D eigenvalue weighted by molar-refractivity contribution is 0.00578. The van der Waals surface area contributed by atoms with Crippen molar-refractivity contribution in [1.82, 2.24) is 4.98 Å². The van der Waals surface area contributed by atoms with Crippen LogP contribution in [0.25, 0.3) is 0 Å². The molecule has 0 unspecified atom stereocenters. The van der Waals surface area contributed by atoms with Crippen LogP contribution >= 0.6 is 0 Å². The molecule has 4 nitrogen and oxygen atoms in total. The van der Waals surface area contributed by atoms with Crippen molar-refractivity contribution in [2.45, 2.75) is 52.2 Å². The lowest BCUT2D eigenvalue weighted by Gasteiger charge is -2.32. The number of oxazole rings is 1. The van der Waals surface area contributed by atoms with E-state index >= 15 is 0 Å². The molecular formula is C11H18BNO3. The molecule has 0 saturated carbocycles. The first-order valence-corrected chi connectivity index (χ1v) is 5.66. The molecule has 2 heterocycles. The zero-order valence-electron chi connectivity index (χ0n) is 10.5. The number of nitrogens with zero attached hydrogens (tertiary/aromatic N) is 1. The second-order valence-corrected chi connectivity index (χ2v) is 5.10. The largest absolute Gasteiger partial charge is 0.534 e. The highest BCUT2D eigenvalue weighted by atomic mass is 16.7. The third kappa shape index (κ3) is 1.78. The first-order chi connectivity index (χ1) is 7.36. The van der Waals surface area contributed by atoms with Crippen LogP contribution in [0.2, 0.25) is 0 Å². The highest BCUT2D eigenvalue weighted by Crippen LogP contribution is 2.36. The van der Waals surface area contributed by atoms with Crippen LogP contribution < -0.4 is 5.66 Å². The van der Waals surface area contributed by atoms with Gasteiger partial charge in [-0.3, -0.25) is 0 Å². The van der Waals surface area contributed by atoms with Crippen LogP contribution in [0.1, 0.15) is 40.5 Å². The van der Waals surface area contributed by atoms with Crippen LogP contribution in [-0.4, -0.2) is 23.3 Å². The normalized spacial score (nSPS) is 22.7. The van der Waals surface area contributed by atoms with E-state index in [0.29, 0.717) is 11.6 Å². The molecule has 1 aliphatic heterocycles. The van der Waals surface area contributed by atoms with Gasteiger partial charge in [-0.2, -0.15) is 0 Å². The Morgan fingerprint density at radius 1 is 1.19 bits per heavy atom. The SMILES string of the molecule is CCc1ncc(B2OC(C)(C)C(C)(C)O2)o1. The highest BCUT2D eigenvalue weighted by molar-refractivity contribution is 6.60. The molecule has 16 heavy (non-hydrogen) atoms. The standard InChI is InChI=1S/C11H18BNO3/c1-6-9-13-7-8(14-9)12-15-10(2,3)11(4,5)16-12/h7H,6H2,1-5H3. The molecule has 0 aromatic carbocycles. The summed E-state index contributed by atoms with van der Waals surface area (Å²) in [7, 11) is -0.446. The minimum Gasteiger partial charge on any atom is -0.449 e. The van der Waals surface area contributed by atoms with E-state index in [4.69, 9.17) is 13.7 Å². The van der Waals surface area contributed by atoms with E-state index in [9.17, 15) is 0 Å². The Morgan fingerprint density at radius 2 is 1.75 bits per heavy atom. The maximum atomic E-state index is 5.85. The summed E-state index contributed by atoms with van der Waals surface area (Å²) in [5, 5.41) is 0. The summed E-state index contributed by atoms with van der Waals surface area (Å²) < 4.78 is 17.2. The fourth-order valence-electron chi connectivity index (χ4n) is 1.56. The number of aryl methyl sites for hydroxylation is 1. The molecular weight excluding hydrogens is 205 g/mol. The van der Waals surface area contributed by atoms with Gasteiger partial charge in [-0.1, -0.05) is 6.92 Å². The van der Waals surface area contributed by atoms with E-state index in [2.05, 4.69) is 4.98 Å². The monoisotopic (exact) mass is 223 g/mol. The quantitative estimate of drug-likeness (QED) is 0.713. The lowest BCUT2D eigenvalue weighted by atomic mass is 9.87. The van der Waals surface area contributed by atoms with Crippen molar-refractivity contribution < 1.29 is 13.7 Å². The van der Waals surface area contributed by atoms with E-state index in [-0.39, 0.29) is 11.2 Å². The van der Waals surface area contributed by atoms with Gasteiger partial charge in [0, 0.05) is 6.42 Å². The van der Waals surface area contributed by atoms with Gasteiger partial charge in [0.2, 0.25) is 0 Å². The molecule has 5 heteroatoms. The minimum absolute atomic E-state index is 0.336. The zero-order valence-corrected chi connectivity index (χ0v) is 10.5. The molecule has 1 aliphatic rings. The molecule has 2 rings (SSSR count). The second-order valence-electron chi connectivity index (χ2n) is 5.10. The Kier molecular flexibility index (Phi) is 2.63. The van der Waals surface area contributed by atoms with Gasteiger partial charge in [-0.05, 0) is 27.7 Å². The van der Waals surface area contributed by atoms with Crippen molar-refractivity contribution in [3.05, 3.63) is 12.1 Å². The van der Waals surface area contributed by atoms with Crippen molar-refractivity contribution in [3.63, 3.8) is 0 Å². The molecule has 0 amide bonds. The van der Waals surface area contributed by atoms with Crippen molar-refractivity contribution in [2.75, 3.05) is 0 Å². The van der Waals surface area contributed by atoms with Crippen LogP contribution in [0.4, 0.5) is 0 Å². The van der Waals surface area contributed by atoms with E-state index in [0.717, 1.165) is 6.42 Å². The van der Waals surface area contributed by atoms with Gasteiger partial charge < -0.3 is 13.7 Å². The van der Waals surface area contributed by atoms with Gasteiger partial charge in [0.1, 0.15) is 0 Å². The number of aromatic nitrogens is 1. The molecule has 1 aromatic rings. The Hall–Kier alpha value is -0.805. The number of hydrogen-bond donors (Lipinski definition) is 0. The predicted octanol–water partition coefficient (Wildman–Crippen LogP) is 1.54. The Labute approximate surface area is 96.5 Å². The summed E-state index contributed by atoms with van der Waals surface area (Å²) in [6.45, 7) is 10.1. The maximum absolute atomic E-state index is 5.85. The molecule has 1 saturated heterocycles. The molecule has 0 N–H and O–H groups in total. The molecule has 0 spiro atoms. The maximum Gasteiger partial charge on any atom is 0.534 e. The second kappa shape index (κ2) is 3.60. The molecule has 1 fully saturated rings. The van der Waals surface area contributed by atoms with Gasteiger partial charge in [0.05, 0.1) is 17.4 Å². The number of rotatable bonds is 2. The van der Waals surface area contributed by atoms with Crippen LogP contribution in [-0.2, 0) is 15.7 Å². The van der Waals surface area contributed by atoms with Gasteiger partial charge >= 0.3 is 7.12 Å². The van der Waals surface area contributed by atoms with Crippen molar-refractivity contribution in [1.29, 1.82) is 0 Å². The van der Waals surface area contributed by atoms with Crippen molar-refractivity contribution >= 4 is 12.8 Å². The summed E-state index contributed by atoms with van der Waals surface area (Å²) in [4.78, 5) is 4.15. The molecule has 0 aliphatic carbocycles. The van der Waals surface area contributed by atoms with E-state index in [1.807, 2.05) is 34.6 Å². The Morgan fingerprint density at radius 3 is 2.19 bits per heavy atom. The topological polar surface area (TPSA) is 44.5 Å². The smallest absolute Gasteiger partial charge is 0.449 e. The van der Waals surface area contributed by atoms with Gasteiger partial charge in [0.15, 0.2) is 11.6 Å². The summed E-state index contributed by atoms with van der Waals surface area (Å²) in [6.07, 6.45) is 2.46. The average molecular weight is 223 g/mol. The minimum atomic E-state index is -0.446. The lowest BCUT2D eigenvalue weighted by Crippen LogP contribution is -2.41. The molecule has 0 atom stereocenters.